The molecule has 0 saturated carbocycles. The summed E-state index contributed by atoms with van der Waals surface area (Å²) in [6, 6.07) is 23.9. The van der Waals surface area contributed by atoms with Gasteiger partial charge in [0.25, 0.3) is 11.5 Å². The van der Waals surface area contributed by atoms with Gasteiger partial charge >= 0.3 is 0 Å². The van der Waals surface area contributed by atoms with Crippen molar-refractivity contribution in [3.05, 3.63) is 105 Å². The second-order valence-electron chi connectivity index (χ2n) is 8.75. The van der Waals surface area contributed by atoms with Crippen LogP contribution in [0.1, 0.15) is 49.4 Å². The van der Waals surface area contributed by atoms with E-state index in [9.17, 15) is 9.59 Å². The van der Waals surface area contributed by atoms with E-state index in [-0.39, 0.29) is 23.4 Å². The zero-order valence-electron chi connectivity index (χ0n) is 19.6. The highest BCUT2D eigenvalue weighted by Crippen LogP contribution is 2.28. The molecule has 0 saturated heterocycles. The zero-order valence-corrected chi connectivity index (χ0v) is 21.2. The van der Waals surface area contributed by atoms with E-state index in [0.717, 1.165) is 10.2 Å². The van der Waals surface area contributed by atoms with Gasteiger partial charge in [-0.05, 0) is 60.9 Å². The molecular formula is C28H28BrN3O2. The standard InChI is InChI=1S/C28H28BrN3O2/c1-4-25(31(18-19(2)3)27(33)20-10-6-5-7-11-20)26-30-24-13-9-8-12-23(24)28(34)32(26)22-16-14-21(29)15-17-22/h5-17,19,25H,4,18H2,1-3H3. The van der Waals surface area contributed by atoms with Crippen molar-refractivity contribution in [2.45, 2.75) is 33.2 Å². The molecule has 5 nitrogen and oxygen atoms in total. The highest BCUT2D eigenvalue weighted by atomic mass is 79.9. The molecule has 0 bridgehead atoms. The Morgan fingerprint density at radius 1 is 0.971 bits per heavy atom. The SMILES string of the molecule is CCC(c1nc2ccccc2c(=O)n1-c1ccc(Br)cc1)N(CC(C)C)C(=O)c1ccccc1. The molecule has 34 heavy (non-hydrogen) atoms. The summed E-state index contributed by atoms with van der Waals surface area (Å²) in [6.45, 7) is 6.76. The fourth-order valence-corrected chi connectivity index (χ4v) is 4.51. The minimum Gasteiger partial charge on any atom is -0.328 e. The Morgan fingerprint density at radius 3 is 2.26 bits per heavy atom. The summed E-state index contributed by atoms with van der Waals surface area (Å²) in [5.74, 6) is 0.749. The van der Waals surface area contributed by atoms with Crippen molar-refractivity contribution in [2.75, 3.05) is 6.54 Å². The van der Waals surface area contributed by atoms with Gasteiger partial charge in [0, 0.05) is 16.6 Å². The fourth-order valence-electron chi connectivity index (χ4n) is 4.25. The second kappa shape index (κ2) is 10.3. The number of amides is 1. The van der Waals surface area contributed by atoms with Crippen LogP contribution in [0, 0.1) is 5.92 Å². The van der Waals surface area contributed by atoms with E-state index >= 15 is 0 Å². The maximum atomic E-state index is 13.7. The van der Waals surface area contributed by atoms with Crippen molar-refractivity contribution >= 4 is 32.7 Å². The molecule has 1 aromatic heterocycles. The van der Waals surface area contributed by atoms with E-state index in [1.54, 1.807) is 10.6 Å². The molecule has 0 aliphatic rings. The number of para-hydroxylation sites is 1. The predicted octanol–water partition coefficient (Wildman–Crippen LogP) is 6.40. The molecule has 1 unspecified atom stereocenters. The van der Waals surface area contributed by atoms with Crippen LogP contribution < -0.4 is 5.56 Å². The largest absolute Gasteiger partial charge is 0.328 e. The number of carbonyl (C=O) groups excluding carboxylic acids is 1. The van der Waals surface area contributed by atoms with E-state index in [4.69, 9.17) is 4.98 Å². The van der Waals surface area contributed by atoms with Crippen molar-refractivity contribution in [3.63, 3.8) is 0 Å². The van der Waals surface area contributed by atoms with E-state index in [1.165, 1.54) is 0 Å². The van der Waals surface area contributed by atoms with Gasteiger partial charge in [0.15, 0.2) is 0 Å². The van der Waals surface area contributed by atoms with Crippen molar-refractivity contribution in [1.82, 2.24) is 14.5 Å². The van der Waals surface area contributed by atoms with Crippen molar-refractivity contribution < 1.29 is 4.79 Å². The molecule has 4 aromatic rings. The van der Waals surface area contributed by atoms with Crippen LogP contribution in [0.5, 0.6) is 0 Å². The maximum absolute atomic E-state index is 13.7. The average Bonchev–Trinajstić information content (AvgIpc) is 2.85. The summed E-state index contributed by atoms with van der Waals surface area (Å²) < 4.78 is 2.58. The van der Waals surface area contributed by atoms with Gasteiger partial charge in [0.05, 0.1) is 22.6 Å². The average molecular weight is 518 g/mol. The summed E-state index contributed by atoms with van der Waals surface area (Å²) in [4.78, 5) is 34.3. The minimum absolute atomic E-state index is 0.0640. The van der Waals surface area contributed by atoms with Crippen LogP contribution in [0.2, 0.25) is 0 Å². The van der Waals surface area contributed by atoms with E-state index in [1.807, 2.05) is 84.6 Å². The van der Waals surface area contributed by atoms with E-state index in [2.05, 4.69) is 29.8 Å². The predicted molar refractivity (Wildman–Crippen MR) is 140 cm³/mol. The zero-order chi connectivity index (χ0) is 24.2. The summed E-state index contributed by atoms with van der Waals surface area (Å²) in [5.41, 5.74) is 1.83. The molecule has 1 amide bonds. The third kappa shape index (κ3) is 4.82. The highest BCUT2D eigenvalue weighted by molar-refractivity contribution is 9.10. The number of aromatic nitrogens is 2. The molecule has 1 heterocycles. The lowest BCUT2D eigenvalue weighted by Crippen LogP contribution is -2.40. The Bertz CT molecular complexity index is 1350. The van der Waals surface area contributed by atoms with Crippen molar-refractivity contribution in [2.24, 2.45) is 5.92 Å². The van der Waals surface area contributed by atoms with Crippen molar-refractivity contribution in [3.8, 4) is 5.69 Å². The van der Waals surface area contributed by atoms with Gasteiger partial charge in [-0.25, -0.2) is 4.98 Å². The van der Waals surface area contributed by atoms with Crippen LogP contribution >= 0.6 is 15.9 Å². The molecule has 0 spiro atoms. The number of hydrogen-bond acceptors (Lipinski definition) is 3. The van der Waals surface area contributed by atoms with Crippen LogP contribution in [0.4, 0.5) is 0 Å². The molecule has 0 fully saturated rings. The van der Waals surface area contributed by atoms with E-state index in [0.29, 0.717) is 35.3 Å². The summed E-state index contributed by atoms with van der Waals surface area (Å²) in [7, 11) is 0. The molecular weight excluding hydrogens is 490 g/mol. The number of hydrogen-bond donors (Lipinski definition) is 0. The number of benzene rings is 3. The number of nitrogens with zero attached hydrogens (tertiary/aromatic N) is 3. The third-order valence-corrected chi connectivity index (χ3v) is 6.32. The molecule has 0 N–H and O–H groups in total. The number of rotatable bonds is 7. The topological polar surface area (TPSA) is 55.2 Å². The van der Waals surface area contributed by atoms with E-state index < -0.39 is 0 Å². The molecule has 0 aliphatic heterocycles. The lowest BCUT2D eigenvalue weighted by atomic mass is 10.1. The van der Waals surface area contributed by atoms with Gasteiger partial charge in [-0.2, -0.15) is 0 Å². The molecule has 174 valence electrons. The summed E-state index contributed by atoms with van der Waals surface area (Å²) >= 11 is 3.48. The quantitative estimate of drug-likeness (QED) is 0.285. The monoisotopic (exact) mass is 517 g/mol. The first-order valence-corrected chi connectivity index (χ1v) is 12.3. The van der Waals surface area contributed by atoms with Gasteiger partial charge in [-0.15, -0.1) is 0 Å². The van der Waals surface area contributed by atoms with Crippen LogP contribution in [-0.2, 0) is 0 Å². The molecule has 6 heteroatoms. The fraction of sp³-hybridized carbons (Fsp3) is 0.250. The van der Waals surface area contributed by atoms with Crippen molar-refractivity contribution in [1.29, 1.82) is 0 Å². The van der Waals surface area contributed by atoms with Gasteiger partial charge in [-0.3, -0.25) is 14.2 Å². The second-order valence-corrected chi connectivity index (χ2v) is 9.66. The molecule has 0 radical (unpaired) electrons. The summed E-state index contributed by atoms with van der Waals surface area (Å²) in [6.07, 6.45) is 0.618. The van der Waals surface area contributed by atoms with Gasteiger partial charge in [0.1, 0.15) is 5.82 Å². The first-order chi connectivity index (χ1) is 16.4. The number of carbonyl (C=O) groups is 1. The molecule has 3 aromatic carbocycles. The van der Waals surface area contributed by atoms with Crippen LogP contribution in [0.3, 0.4) is 0 Å². The molecule has 4 rings (SSSR count). The lowest BCUT2D eigenvalue weighted by molar-refractivity contribution is 0.0631. The van der Waals surface area contributed by atoms with Crippen LogP contribution in [0.25, 0.3) is 16.6 Å². The first-order valence-electron chi connectivity index (χ1n) is 11.5. The Morgan fingerprint density at radius 2 is 1.62 bits per heavy atom. The first kappa shape index (κ1) is 23.9. The maximum Gasteiger partial charge on any atom is 0.266 e. The Labute approximate surface area is 208 Å². The Balaban J connectivity index is 1.96. The number of halogens is 1. The van der Waals surface area contributed by atoms with Crippen LogP contribution in [0.15, 0.2) is 88.1 Å². The lowest BCUT2D eigenvalue weighted by Gasteiger charge is -2.33. The van der Waals surface area contributed by atoms with Gasteiger partial charge in [-0.1, -0.05) is 67.0 Å². The normalized spacial score (nSPS) is 12.1. The Kier molecular flexibility index (Phi) is 7.27. The molecule has 0 aliphatic carbocycles. The van der Waals surface area contributed by atoms with Gasteiger partial charge < -0.3 is 4.90 Å². The highest BCUT2D eigenvalue weighted by Gasteiger charge is 2.30. The minimum atomic E-state index is -0.379. The third-order valence-electron chi connectivity index (χ3n) is 5.79. The van der Waals surface area contributed by atoms with Gasteiger partial charge in [0.2, 0.25) is 0 Å². The van der Waals surface area contributed by atoms with Crippen LogP contribution in [-0.4, -0.2) is 26.9 Å². The Hall–Kier alpha value is -3.25. The summed E-state index contributed by atoms with van der Waals surface area (Å²) in [5, 5.41) is 0.550. The molecule has 1 atom stereocenters. The number of fused-ring (bicyclic) bond motifs is 1. The smallest absolute Gasteiger partial charge is 0.266 e.